The quantitative estimate of drug-likeness (QED) is 0.508. The van der Waals surface area contributed by atoms with Crippen LogP contribution in [0, 0.1) is 6.54 Å². The summed E-state index contributed by atoms with van der Waals surface area (Å²) in [6.07, 6.45) is 0. The van der Waals surface area contributed by atoms with E-state index in [0.717, 1.165) is 0 Å². The predicted molar refractivity (Wildman–Crippen MR) is 33.5 cm³/mol. The third-order valence-corrected chi connectivity index (χ3v) is 1.20. The van der Waals surface area contributed by atoms with Gasteiger partial charge >= 0.3 is 6.03 Å². The average molecular weight is 128 g/mol. The maximum absolute atomic E-state index is 10.7. The second-order valence-electron chi connectivity index (χ2n) is 1.85. The first-order valence-electron chi connectivity index (χ1n) is 2.92. The topological polar surface area (TPSA) is 58.4 Å². The SMILES string of the molecule is NCCN1[CH]CNC1=O. The zero-order valence-electron chi connectivity index (χ0n) is 5.13. The summed E-state index contributed by atoms with van der Waals surface area (Å²) < 4.78 is 0. The molecule has 0 aromatic heterocycles. The van der Waals surface area contributed by atoms with Crippen molar-refractivity contribution in [3.8, 4) is 0 Å². The van der Waals surface area contributed by atoms with E-state index in [0.29, 0.717) is 19.6 Å². The number of carbonyl (C=O) groups excluding carboxylic acids is 1. The Morgan fingerprint density at radius 3 is 3.11 bits per heavy atom. The molecule has 1 saturated heterocycles. The van der Waals surface area contributed by atoms with Crippen molar-refractivity contribution in [3.63, 3.8) is 0 Å². The maximum atomic E-state index is 10.7. The Hall–Kier alpha value is -0.770. The van der Waals surface area contributed by atoms with E-state index in [1.54, 1.807) is 11.4 Å². The third kappa shape index (κ3) is 1.32. The number of urea groups is 1. The summed E-state index contributed by atoms with van der Waals surface area (Å²) in [6.45, 7) is 3.57. The Balaban J connectivity index is 2.31. The number of hydrogen-bond acceptors (Lipinski definition) is 2. The first-order valence-corrected chi connectivity index (χ1v) is 2.92. The Kier molecular flexibility index (Phi) is 1.89. The normalized spacial score (nSPS) is 18.3. The molecular weight excluding hydrogens is 118 g/mol. The fourth-order valence-corrected chi connectivity index (χ4v) is 0.760. The van der Waals surface area contributed by atoms with Crippen molar-refractivity contribution in [3.05, 3.63) is 6.54 Å². The smallest absolute Gasteiger partial charge is 0.317 e. The van der Waals surface area contributed by atoms with Gasteiger partial charge in [0.15, 0.2) is 0 Å². The number of rotatable bonds is 2. The van der Waals surface area contributed by atoms with Crippen molar-refractivity contribution < 1.29 is 4.79 Å². The summed E-state index contributed by atoms with van der Waals surface area (Å²) in [5.41, 5.74) is 5.23. The Labute approximate surface area is 54.0 Å². The van der Waals surface area contributed by atoms with Crippen LogP contribution in [0.1, 0.15) is 0 Å². The molecule has 0 aromatic carbocycles. The molecule has 51 valence electrons. The van der Waals surface area contributed by atoms with Gasteiger partial charge in [0.2, 0.25) is 0 Å². The van der Waals surface area contributed by atoms with E-state index < -0.39 is 0 Å². The molecule has 0 saturated carbocycles. The first-order chi connectivity index (χ1) is 4.34. The molecule has 2 amide bonds. The van der Waals surface area contributed by atoms with Gasteiger partial charge in [-0.1, -0.05) is 0 Å². The van der Waals surface area contributed by atoms with Gasteiger partial charge in [0, 0.05) is 19.6 Å². The number of nitrogens with zero attached hydrogens (tertiary/aromatic N) is 1. The first kappa shape index (κ1) is 6.35. The van der Waals surface area contributed by atoms with Crippen molar-refractivity contribution in [2.45, 2.75) is 0 Å². The van der Waals surface area contributed by atoms with Gasteiger partial charge in [-0.25, -0.2) is 4.79 Å². The molecule has 1 fully saturated rings. The van der Waals surface area contributed by atoms with Gasteiger partial charge < -0.3 is 16.0 Å². The highest BCUT2D eigenvalue weighted by molar-refractivity contribution is 5.77. The van der Waals surface area contributed by atoms with Crippen molar-refractivity contribution in [2.24, 2.45) is 5.73 Å². The number of nitrogens with two attached hydrogens (primary N) is 1. The zero-order valence-corrected chi connectivity index (χ0v) is 5.13. The molecule has 0 aliphatic carbocycles. The lowest BCUT2D eigenvalue weighted by Gasteiger charge is -2.10. The monoisotopic (exact) mass is 128 g/mol. The number of hydrogen-bond donors (Lipinski definition) is 2. The molecule has 1 aliphatic rings. The number of carbonyl (C=O) groups is 1. The lowest BCUT2D eigenvalue weighted by atomic mass is 10.5. The molecule has 9 heavy (non-hydrogen) atoms. The molecule has 1 radical (unpaired) electrons. The van der Waals surface area contributed by atoms with Crippen LogP contribution in [0.3, 0.4) is 0 Å². The van der Waals surface area contributed by atoms with Gasteiger partial charge in [-0.05, 0) is 0 Å². The lowest BCUT2D eigenvalue weighted by Crippen LogP contribution is -2.31. The molecule has 0 unspecified atom stereocenters. The van der Waals surface area contributed by atoms with E-state index in [1.807, 2.05) is 0 Å². The minimum absolute atomic E-state index is 0.0412. The third-order valence-electron chi connectivity index (χ3n) is 1.20. The second-order valence-corrected chi connectivity index (χ2v) is 1.85. The van der Waals surface area contributed by atoms with E-state index in [9.17, 15) is 4.79 Å². The number of nitrogens with one attached hydrogen (secondary N) is 1. The Bertz CT molecular complexity index is 115. The predicted octanol–water partition coefficient (Wildman–Crippen LogP) is -0.868. The van der Waals surface area contributed by atoms with E-state index >= 15 is 0 Å². The highest BCUT2D eigenvalue weighted by atomic mass is 16.2. The average Bonchev–Trinajstić information content (AvgIpc) is 2.18. The van der Waals surface area contributed by atoms with Crippen LogP contribution in [-0.2, 0) is 0 Å². The summed E-state index contributed by atoms with van der Waals surface area (Å²) in [5.74, 6) is 0. The maximum Gasteiger partial charge on any atom is 0.317 e. The summed E-state index contributed by atoms with van der Waals surface area (Å²) in [4.78, 5) is 12.3. The van der Waals surface area contributed by atoms with Crippen LogP contribution in [-0.4, -0.2) is 30.6 Å². The standard InChI is InChI=1S/C5H10N3O/c6-1-3-8-4-2-7-5(8)9/h4H,1-3,6H2,(H,7,9). The molecule has 0 atom stereocenters. The van der Waals surface area contributed by atoms with E-state index in [2.05, 4.69) is 5.32 Å². The summed E-state index contributed by atoms with van der Waals surface area (Å²) >= 11 is 0. The summed E-state index contributed by atoms with van der Waals surface area (Å²) in [7, 11) is 0. The van der Waals surface area contributed by atoms with Crippen LogP contribution in [0.25, 0.3) is 0 Å². The summed E-state index contributed by atoms with van der Waals surface area (Å²) in [5, 5.41) is 2.63. The molecule has 3 N–H and O–H groups in total. The highest BCUT2D eigenvalue weighted by Crippen LogP contribution is 1.98. The molecule has 1 heterocycles. The van der Waals surface area contributed by atoms with Gasteiger partial charge in [-0.3, -0.25) is 0 Å². The van der Waals surface area contributed by atoms with Gasteiger partial charge in [0.25, 0.3) is 0 Å². The fraction of sp³-hybridized carbons (Fsp3) is 0.600. The second kappa shape index (κ2) is 2.68. The highest BCUT2D eigenvalue weighted by Gasteiger charge is 2.17. The fourth-order valence-electron chi connectivity index (χ4n) is 0.760. The minimum atomic E-state index is -0.0412. The lowest BCUT2D eigenvalue weighted by molar-refractivity contribution is 0.223. The van der Waals surface area contributed by atoms with Gasteiger partial charge in [0.05, 0.1) is 6.54 Å². The van der Waals surface area contributed by atoms with Crippen LogP contribution in [0.5, 0.6) is 0 Å². The van der Waals surface area contributed by atoms with E-state index in [1.165, 1.54) is 0 Å². The van der Waals surface area contributed by atoms with E-state index in [-0.39, 0.29) is 6.03 Å². The van der Waals surface area contributed by atoms with Crippen molar-refractivity contribution in [1.82, 2.24) is 10.2 Å². The molecule has 4 nitrogen and oxygen atoms in total. The molecular formula is C5H10N3O. The van der Waals surface area contributed by atoms with Crippen LogP contribution in [0.4, 0.5) is 4.79 Å². The Morgan fingerprint density at radius 2 is 2.67 bits per heavy atom. The van der Waals surface area contributed by atoms with Crippen LogP contribution in [0.2, 0.25) is 0 Å². The van der Waals surface area contributed by atoms with Gasteiger partial charge in [-0.2, -0.15) is 0 Å². The molecule has 0 bridgehead atoms. The molecule has 4 heteroatoms. The van der Waals surface area contributed by atoms with Crippen molar-refractivity contribution in [2.75, 3.05) is 19.6 Å². The van der Waals surface area contributed by atoms with Gasteiger partial charge in [0.1, 0.15) is 0 Å². The van der Waals surface area contributed by atoms with Crippen LogP contribution in [0.15, 0.2) is 0 Å². The van der Waals surface area contributed by atoms with Crippen molar-refractivity contribution in [1.29, 1.82) is 0 Å². The molecule has 1 aliphatic heterocycles. The minimum Gasteiger partial charge on any atom is -0.336 e. The van der Waals surface area contributed by atoms with Crippen LogP contribution < -0.4 is 11.1 Å². The van der Waals surface area contributed by atoms with Crippen molar-refractivity contribution >= 4 is 6.03 Å². The van der Waals surface area contributed by atoms with Gasteiger partial charge in [-0.15, -0.1) is 0 Å². The largest absolute Gasteiger partial charge is 0.336 e. The van der Waals surface area contributed by atoms with E-state index in [4.69, 9.17) is 5.73 Å². The molecule has 1 rings (SSSR count). The number of amides is 2. The van der Waals surface area contributed by atoms with Crippen LogP contribution >= 0.6 is 0 Å². The zero-order chi connectivity index (χ0) is 6.69. The summed E-state index contributed by atoms with van der Waals surface area (Å²) in [6, 6.07) is -0.0412. The Morgan fingerprint density at radius 1 is 1.89 bits per heavy atom. The molecule has 0 aromatic rings. The molecule has 0 spiro atoms.